The largest absolute Gasteiger partial charge is 0.506 e. The molecule has 0 bridgehead atoms. The molecule has 12 heavy (non-hydrogen) atoms. The maximum absolute atomic E-state index is 9.47. The maximum atomic E-state index is 9.47. The van der Waals surface area contributed by atoms with Gasteiger partial charge in [0.15, 0.2) is 0 Å². The Hall–Kier alpha value is -0.950. The van der Waals surface area contributed by atoms with Gasteiger partial charge in [-0.1, -0.05) is 35.4 Å². The average molecular weight is 183 g/mol. The van der Waals surface area contributed by atoms with E-state index >= 15 is 0 Å². The van der Waals surface area contributed by atoms with Crippen LogP contribution in [0.4, 0.5) is 0 Å². The van der Waals surface area contributed by atoms with Crippen LogP contribution >= 0.6 is 11.6 Å². The summed E-state index contributed by atoms with van der Waals surface area (Å²) in [6.45, 7) is 3.95. The molecular formula is C10H11ClO. The normalized spacial score (nSPS) is 9.58. The van der Waals surface area contributed by atoms with Crippen molar-refractivity contribution in [2.75, 3.05) is 0 Å². The summed E-state index contributed by atoms with van der Waals surface area (Å²) in [5, 5.41) is 9.86. The lowest BCUT2D eigenvalue weighted by Crippen LogP contribution is -1.76. The molecule has 0 aliphatic rings. The summed E-state index contributed by atoms with van der Waals surface area (Å²) >= 11 is 5.72. The molecule has 0 aliphatic carbocycles. The zero-order valence-corrected chi connectivity index (χ0v) is 7.89. The van der Waals surface area contributed by atoms with Crippen molar-refractivity contribution in [2.24, 2.45) is 0 Å². The van der Waals surface area contributed by atoms with Crippen molar-refractivity contribution < 1.29 is 5.11 Å². The summed E-state index contributed by atoms with van der Waals surface area (Å²) in [5.41, 5.74) is 1.90. The second kappa shape index (κ2) is 3.63. The summed E-state index contributed by atoms with van der Waals surface area (Å²) in [7, 11) is 0. The van der Waals surface area contributed by atoms with Gasteiger partial charge < -0.3 is 5.11 Å². The van der Waals surface area contributed by atoms with Crippen LogP contribution in [0.2, 0.25) is 5.02 Å². The highest BCUT2D eigenvalue weighted by Gasteiger charge is 2.00. The second-order valence-corrected chi connectivity index (χ2v) is 3.31. The SMILES string of the molecule is CC(C)=Cc1cccc(Cl)c1O. The number of para-hydroxylation sites is 1. The zero-order valence-electron chi connectivity index (χ0n) is 7.13. The fourth-order valence-electron chi connectivity index (χ4n) is 0.959. The number of phenolic OH excluding ortho intramolecular Hbond substituents is 1. The van der Waals surface area contributed by atoms with Crippen LogP contribution in [0.25, 0.3) is 6.08 Å². The molecule has 0 atom stereocenters. The monoisotopic (exact) mass is 182 g/mol. The first kappa shape index (κ1) is 9.14. The molecule has 0 amide bonds. The molecule has 1 aromatic carbocycles. The molecule has 0 unspecified atom stereocenters. The number of halogens is 1. The molecule has 64 valence electrons. The molecule has 2 heteroatoms. The summed E-state index contributed by atoms with van der Waals surface area (Å²) in [6, 6.07) is 5.31. The Morgan fingerprint density at radius 3 is 2.67 bits per heavy atom. The van der Waals surface area contributed by atoms with Gasteiger partial charge in [0.25, 0.3) is 0 Å². The first-order valence-electron chi connectivity index (χ1n) is 3.73. The Balaban J connectivity index is 3.17. The molecule has 0 radical (unpaired) electrons. The maximum Gasteiger partial charge on any atom is 0.141 e. The van der Waals surface area contributed by atoms with Crippen LogP contribution in [0, 0.1) is 0 Å². The standard InChI is InChI=1S/C10H11ClO/c1-7(2)6-8-4-3-5-9(11)10(8)12/h3-6,12H,1-2H3. The van der Waals surface area contributed by atoms with Crippen molar-refractivity contribution in [3.63, 3.8) is 0 Å². The summed E-state index contributed by atoms with van der Waals surface area (Å²) < 4.78 is 0. The average Bonchev–Trinajstić information content (AvgIpc) is 1.98. The van der Waals surface area contributed by atoms with Gasteiger partial charge in [0.1, 0.15) is 5.75 Å². The van der Waals surface area contributed by atoms with Crippen molar-refractivity contribution in [2.45, 2.75) is 13.8 Å². The highest BCUT2D eigenvalue weighted by molar-refractivity contribution is 6.32. The third-order valence-electron chi connectivity index (χ3n) is 1.46. The van der Waals surface area contributed by atoms with E-state index in [2.05, 4.69) is 0 Å². The lowest BCUT2D eigenvalue weighted by molar-refractivity contribution is 0.474. The third kappa shape index (κ3) is 2.02. The fourth-order valence-corrected chi connectivity index (χ4v) is 1.14. The number of hydrogen-bond acceptors (Lipinski definition) is 1. The predicted molar refractivity (Wildman–Crippen MR) is 52.4 cm³/mol. The molecule has 0 spiro atoms. The van der Waals surface area contributed by atoms with Crippen molar-refractivity contribution in [3.8, 4) is 5.75 Å². The van der Waals surface area contributed by atoms with E-state index in [9.17, 15) is 5.11 Å². The van der Waals surface area contributed by atoms with E-state index in [1.807, 2.05) is 32.1 Å². The minimum atomic E-state index is 0.153. The number of benzene rings is 1. The minimum Gasteiger partial charge on any atom is -0.506 e. The van der Waals surface area contributed by atoms with Crippen molar-refractivity contribution in [1.82, 2.24) is 0 Å². The Morgan fingerprint density at radius 2 is 2.08 bits per heavy atom. The minimum absolute atomic E-state index is 0.153. The molecule has 1 aromatic rings. The summed E-state index contributed by atoms with van der Waals surface area (Å²) in [4.78, 5) is 0. The first-order chi connectivity index (χ1) is 5.61. The number of phenols is 1. The van der Waals surface area contributed by atoms with Gasteiger partial charge in [0.05, 0.1) is 5.02 Å². The van der Waals surface area contributed by atoms with E-state index in [0.29, 0.717) is 5.02 Å². The second-order valence-electron chi connectivity index (χ2n) is 2.90. The number of rotatable bonds is 1. The molecule has 0 aliphatic heterocycles. The predicted octanol–water partition coefficient (Wildman–Crippen LogP) is 3.47. The molecule has 0 saturated heterocycles. The van der Waals surface area contributed by atoms with Crippen molar-refractivity contribution >= 4 is 17.7 Å². The number of allylic oxidation sites excluding steroid dienone is 1. The van der Waals surface area contributed by atoms with E-state index in [4.69, 9.17) is 11.6 Å². The van der Waals surface area contributed by atoms with E-state index in [1.165, 1.54) is 0 Å². The molecule has 1 rings (SSSR count). The molecule has 1 nitrogen and oxygen atoms in total. The smallest absolute Gasteiger partial charge is 0.141 e. The zero-order chi connectivity index (χ0) is 9.14. The Kier molecular flexibility index (Phi) is 2.77. The third-order valence-corrected chi connectivity index (χ3v) is 1.77. The summed E-state index contributed by atoms with van der Waals surface area (Å²) in [5.74, 6) is 0.153. The van der Waals surface area contributed by atoms with Crippen LogP contribution < -0.4 is 0 Å². The topological polar surface area (TPSA) is 20.2 Å². The number of hydrogen-bond donors (Lipinski definition) is 1. The Morgan fingerprint density at radius 1 is 1.42 bits per heavy atom. The van der Waals surface area contributed by atoms with Gasteiger partial charge in [0.2, 0.25) is 0 Å². The molecule has 0 heterocycles. The van der Waals surface area contributed by atoms with Gasteiger partial charge in [-0.3, -0.25) is 0 Å². The number of aromatic hydroxyl groups is 1. The van der Waals surface area contributed by atoms with Crippen LogP contribution in [0.5, 0.6) is 5.75 Å². The van der Waals surface area contributed by atoms with E-state index in [1.54, 1.807) is 6.07 Å². The van der Waals surface area contributed by atoms with Gasteiger partial charge in [0, 0.05) is 5.56 Å². The quantitative estimate of drug-likeness (QED) is 0.705. The highest BCUT2D eigenvalue weighted by Crippen LogP contribution is 2.28. The molecule has 0 aromatic heterocycles. The molecule has 0 saturated carbocycles. The summed E-state index contributed by atoms with van der Waals surface area (Å²) in [6.07, 6.45) is 1.89. The van der Waals surface area contributed by atoms with Crippen LogP contribution in [0.3, 0.4) is 0 Å². The van der Waals surface area contributed by atoms with E-state index in [-0.39, 0.29) is 5.75 Å². The van der Waals surface area contributed by atoms with Crippen LogP contribution in [-0.4, -0.2) is 5.11 Å². The van der Waals surface area contributed by atoms with Gasteiger partial charge in [-0.25, -0.2) is 0 Å². The Labute approximate surface area is 77.3 Å². The van der Waals surface area contributed by atoms with E-state index in [0.717, 1.165) is 11.1 Å². The van der Waals surface area contributed by atoms with Gasteiger partial charge in [-0.15, -0.1) is 0 Å². The molecule has 1 N–H and O–H groups in total. The van der Waals surface area contributed by atoms with Gasteiger partial charge in [-0.05, 0) is 19.9 Å². The van der Waals surface area contributed by atoms with E-state index < -0.39 is 0 Å². The van der Waals surface area contributed by atoms with Crippen LogP contribution in [-0.2, 0) is 0 Å². The highest BCUT2D eigenvalue weighted by atomic mass is 35.5. The van der Waals surface area contributed by atoms with Crippen LogP contribution in [0.15, 0.2) is 23.8 Å². The van der Waals surface area contributed by atoms with Crippen molar-refractivity contribution in [3.05, 3.63) is 34.4 Å². The lowest BCUT2D eigenvalue weighted by atomic mass is 10.1. The first-order valence-corrected chi connectivity index (χ1v) is 4.11. The van der Waals surface area contributed by atoms with Crippen molar-refractivity contribution in [1.29, 1.82) is 0 Å². The Bertz CT molecular complexity index is 312. The fraction of sp³-hybridized carbons (Fsp3) is 0.200. The van der Waals surface area contributed by atoms with Crippen LogP contribution in [0.1, 0.15) is 19.4 Å². The van der Waals surface area contributed by atoms with Gasteiger partial charge in [-0.2, -0.15) is 0 Å². The van der Waals surface area contributed by atoms with Gasteiger partial charge >= 0.3 is 0 Å². The molecule has 0 fully saturated rings. The lowest BCUT2D eigenvalue weighted by Gasteiger charge is -2.00. The molecular weight excluding hydrogens is 172 g/mol.